The van der Waals surface area contributed by atoms with Crippen molar-refractivity contribution in [2.75, 3.05) is 32.4 Å². The van der Waals surface area contributed by atoms with Crippen LogP contribution in [0.15, 0.2) is 12.1 Å². The molecule has 2 rings (SSSR count). The molecule has 1 aliphatic heterocycles. The number of hydrogen-bond donors (Lipinski definition) is 0. The summed E-state index contributed by atoms with van der Waals surface area (Å²) in [7, 11) is -3.19. The van der Waals surface area contributed by atoms with Crippen molar-refractivity contribution in [1.29, 1.82) is 0 Å². The van der Waals surface area contributed by atoms with E-state index in [1.165, 1.54) is 10.6 Å². The van der Waals surface area contributed by atoms with Crippen LogP contribution < -0.4 is 0 Å². The lowest BCUT2D eigenvalue weighted by atomic mass is 9.98. The molecule has 0 bridgehead atoms. The fourth-order valence-corrected chi connectivity index (χ4v) is 3.98. The van der Waals surface area contributed by atoms with Crippen LogP contribution in [0.25, 0.3) is 0 Å². The van der Waals surface area contributed by atoms with Crippen molar-refractivity contribution in [2.24, 2.45) is 0 Å². The van der Waals surface area contributed by atoms with Crippen molar-refractivity contribution in [3.8, 4) is 0 Å². The number of carbonyl (C=O) groups is 1. The predicted octanol–water partition coefficient (Wildman–Crippen LogP) is 1.72. The minimum Gasteiger partial charge on any atom is -0.337 e. The van der Waals surface area contributed by atoms with E-state index in [4.69, 9.17) is 0 Å². The van der Waals surface area contributed by atoms with Crippen molar-refractivity contribution < 1.29 is 13.2 Å². The number of sulfonamides is 1. The Labute approximate surface area is 133 Å². The number of rotatable bonds is 2. The summed E-state index contributed by atoms with van der Waals surface area (Å²) in [5, 5.41) is 0. The average molecular weight is 324 g/mol. The van der Waals surface area contributed by atoms with E-state index < -0.39 is 10.0 Å². The monoisotopic (exact) mass is 324 g/mol. The first kappa shape index (κ1) is 17.0. The first-order chi connectivity index (χ1) is 10.2. The third kappa shape index (κ3) is 3.67. The number of hydrogen-bond acceptors (Lipinski definition) is 3. The smallest absolute Gasteiger partial charge is 0.254 e. The minimum absolute atomic E-state index is 0.00495. The molecule has 0 radical (unpaired) electrons. The molecule has 0 atom stereocenters. The number of amides is 1. The molecule has 122 valence electrons. The second kappa shape index (κ2) is 6.38. The average Bonchev–Trinajstić information content (AvgIpc) is 2.62. The second-order valence-electron chi connectivity index (χ2n) is 6.08. The van der Waals surface area contributed by atoms with Gasteiger partial charge in [-0.1, -0.05) is 17.7 Å². The minimum atomic E-state index is -3.19. The van der Waals surface area contributed by atoms with Crippen molar-refractivity contribution >= 4 is 15.9 Å². The highest BCUT2D eigenvalue weighted by Crippen LogP contribution is 2.19. The molecular weight excluding hydrogens is 300 g/mol. The van der Waals surface area contributed by atoms with E-state index in [-0.39, 0.29) is 5.91 Å². The predicted molar refractivity (Wildman–Crippen MR) is 87.6 cm³/mol. The molecule has 0 aliphatic carbocycles. The summed E-state index contributed by atoms with van der Waals surface area (Å²) in [6, 6.07) is 4.03. The van der Waals surface area contributed by atoms with Crippen molar-refractivity contribution in [2.45, 2.75) is 27.2 Å². The van der Waals surface area contributed by atoms with Crippen LogP contribution in [0.3, 0.4) is 0 Å². The lowest BCUT2D eigenvalue weighted by Crippen LogP contribution is -2.37. The molecule has 0 spiro atoms. The van der Waals surface area contributed by atoms with Gasteiger partial charge in [-0.25, -0.2) is 12.7 Å². The summed E-state index contributed by atoms with van der Waals surface area (Å²) in [4.78, 5) is 14.6. The van der Waals surface area contributed by atoms with Gasteiger partial charge in [0.05, 0.1) is 6.26 Å². The van der Waals surface area contributed by atoms with Gasteiger partial charge in [-0.2, -0.15) is 0 Å². The molecule has 1 heterocycles. The molecular formula is C16H24N2O3S. The Morgan fingerprint density at radius 1 is 1.00 bits per heavy atom. The van der Waals surface area contributed by atoms with Gasteiger partial charge in [-0.05, 0) is 38.3 Å². The Hall–Kier alpha value is -1.40. The molecule has 22 heavy (non-hydrogen) atoms. The van der Waals surface area contributed by atoms with E-state index in [1.54, 1.807) is 4.90 Å². The third-order valence-corrected chi connectivity index (χ3v) is 5.41. The van der Waals surface area contributed by atoms with Gasteiger partial charge in [-0.15, -0.1) is 0 Å². The van der Waals surface area contributed by atoms with Crippen LogP contribution >= 0.6 is 0 Å². The highest BCUT2D eigenvalue weighted by Gasteiger charge is 2.25. The maximum Gasteiger partial charge on any atom is 0.254 e. The Morgan fingerprint density at radius 2 is 1.59 bits per heavy atom. The summed E-state index contributed by atoms with van der Waals surface area (Å²) in [5.74, 6) is 0.00495. The van der Waals surface area contributed by atoms with Gasteiger partial charge in [0.25, 0.3) is 5.91 Å². The second-order valence-corrected chi connectivity index (χ2v) is 8.06. The van der Waals surface area contributed by atoms with Crippen LogP contribution in [-0.4, -0.2) is 56.0 Å². The van der Waals surface area contributed by atoms with Gasteiger partial charge in [0.1, 0.15) is 0 Å². The molecule has 1 amide bonds. The Balaban J connectivity index is 2.21. The highest BCUT2D eigenvalue weighted by molar-refractivity contribution is 7.88. The molecule has 6 heteroatoms. The quantitative estimate of drug-likeness (QED) is 0.832. The number of benzene rings is 1. The van der Waals surface area contributed by atoms with Crippen LogP contribution in [0, 0.1) is 20.8 Å². The third-order valence-electron chi connectivity index (χ3n) is 4.10. The fraction of sp³-hybridized carbons (Fsp3) is 0.562. The lowest BCUT2D eigenvalue weighted by Gasteiger charge is -2.23. The number of nitrogens with zero attached hydrogens (tertiary/aromatic N) is 2. The SMILES string of the molecule is Cc1cc(C)c(C(=O)N2CCCN(S(C)(=O)=O)CC2)c(C)c1. The molecule has 1 fully saturated rings. The van der Waals surface area contributed by atoms with Gasteiger partial charge < -0.3 is 4.90 Å². The summed E-state index contributed by atoms with van der Waals surface area (Å²) in [6.07, 6.45) is 1.89. The van der Waals surface area contributed by atoms with E-state index >= 15 is 0 Å². The van der Waals surface area contributed by atoms with E-state index in [2.05, 4.69) is 0 Å². The van der Waals surface area contributed by atoms with Crippen molar-refractivity contribution in [1.82, 2.24) is 9.21 Å². The van der Waals surface area contributed by atoms with Crippen molar-refractivity contribution in [3.05, 3.63) is 34.4 Å². The molecule has 1 aromatic rings. The van der Waals surface area contributed by atoms with Gasteiger partial charge in [0.2, 0.25) is 10.0 Å². The largest absolute Gasteiger partial charge is 0.337 e. The Bertz CT molecular complexity index is 660. The Kier molecular flexibility index (Phi) is 4.92. The lowest BCUT2D eigenvalue weighted by molar-refractivity contribution is 0.0763. The zero-order valence-corrected chi connectivity index (χ0v) is 14.5. The van der Waals surface area contributed by atoms with E-state index in [0.29, 0.717) is 32.6 Å². The van der Waals surface area contributed by atoms with E-state index in [9.17, 15) is 13.2 Å². The molecule has 0 unspecified atom stereocenters. The maximum absolute atomic E-state index is 12.8. The van der Waals surface area contributed by atoms with Gasteiger partial charge in [0.15, 0.2) is 0 Å². The Morgan fingerprint density at radius 3 is 2.14 bits per heavy atom. The molecule has 1 aliphatic rings. The first-order valence-electron chi connectivity index (χ1n) is 7.52. The molecule has 1 aromatic carbocycles. The normalized spacial score (nSPS) is 17.4. The van der Waals surface area contributed by atoms with Crippen LogP contribution in [0.1, 0.15) is 33.5 Å². The van der Waals surface area contributed by atoms with Crippen LogP contribution in [0.4, 0.5) is 0 Å². The van der Waals surface area contributed by atoms with Crippen molar-refractivity contribution in [3.63, 3.8) is 0 Å². The topological polar surface area (TPSA) is 57.7 Å². The molecule has 0 N–H and O–H groups in total. The van der Waals surface area contributed by atoms with Gasteiger partial charge >= 0.3 is 0 Å². The molecule has 0 saturated carbocycles. The molecule has 1 saturated heterocycles. The van der Waals surface area contributed by atoms with E-state index in [1.807, 2.05) is 32.9 Å². The zero-order valence-electron chi connectivity index (χ0n) is 13.7. The van der Waals surface area contributed by atoms with Crippen LogP contribution in [0.5, 0.6) is 0 Å². The molecule has 5 nitrogen and oxygen atoms in total. The summed E-state index contributed by atoms with van der Waals surface area (Å²) in [6.45, 7) is 7.81. The van der Waals surface area contributed by atoms with Crippen LogP contribution in [-0.2, 0) is 10.0 Å². The summed E-state index contributed by atoms with van der Waals surface area (Å²) in [5.41, 5.74) is 3.85. The summed E-state index contributed by atoms with van der Waals surface area (Å²) >= 11 is 0. The number of aryl methyl sites for hydroxylation is 3. The number of carbonyl (C=O) groups excluding carboxylic acids is 1. The molecule has 0 aromatic heterocycles. The zero-order chi connectivity index (χ0) is 16.5. The van der Waals surface area contributed by atoms with E-state index in [0.717, 1.165) is 22.3 Å². The van der Waals surface area contributed by atoms with Gasteiger partial charge in [0, 0.05) is 31.7 Å². The van der Waals surface area contributed by atoms with Crippen LogP contribution in [0.2, 0.25) is 0 Å². The summed E-state index contributed by atoms with van der Waals surface area (Å²) < 4.78 is 24.8. The standard InChI is InChI=1S/C16H24N2O3S/c1-12-10-13(2)15(14(3)11-12)16(19)17-6-5-7-18(9-8-17)22(4,20)21/h10-11H,5-9H2,1-4H3. The van der Waals surface area contributed by atoms with Gasteiger partial charge in [-0.3, -0.25) is 4.79 Å². The maximum atomic E-state index is 12.8. The fourth-order valence-electron chi connectivity index (χ4n) is 3.10. The highest BCUT2D eigenvalue weighted by atomic mass is 32.2. The first-order valence-corrected chi connectivity index (χ1v) is 9.37.